The second-order valence-corrected chi connectivity index (χ2v) is 9.87. The molecule has 1 saturated heterocycles. The number of amides is 1. The third-order valence-corrected chi connectivity index (χ3v) is 7.14. The molecule has 3 aromatic rings. The summed E-state index contributed by atoms with van der Waals surface area (Å²) in [5.41, 5.74) is 5.53. The first-order valence-electron chi connectivity index (χ1n) is 10.6. The molecule has 0 saturated carbocycles. The van der Waals surface area contributed by atoms with Gasteiger partial charge in [0.15, 0.2) is 5.13 Å². The number of hydrogen-bond acceptors (Lipinski definition) is 5. The minimum atomic E-state index is -0.0276. The van der Waals surface area contributed by atoms with Crippen LogP contribution in [0.25, 0.3) is 11.3 Å². The van der Waals surface area contributed by atoms with Crippen LogP contribution in [-0.2, 0) is 11.3 Å². The van der Waals surface area contributed by atoms with Crippen LogP contribution < -0.4 is 5.32 Å². The lowest BCUT2D eigenvalue weighted by Crippen LogP contribution is -2.48. The Kier molecular flexibility index (Phi) is 7.48. The lowest BCUT2D eigenvalue weighted by atomic mass is 10.1. The van der Waals surface area contributed by atoms with Gasteiger partial charge >= 0.3 is 0 Å². The lowest BCUT2D eigenvalue weighted by molar-refractivity contribution is -0.117. The average Bonchev–Trinajstić information content (AvgIpc) is 3.21. The molecule has 168 valence electrons. The molecule has 1 N–H and O–H groups in total. The number of thiazole rings is 1. The topological polar surface area (TPSA) is 48.5 Å². The third-order valence-electron chi connectivity index (χ3n) is 5.79. The van der Waals surface area contributed by atoms with Crippen LogP contribution in [0.2, 0.25) is 10.0 Å². The van der Waals surface area contributed by atoms with Crippen molar-refractivity contribution in [1.29, 1.82) is 0 Å². The summed E-state index contributed by atoms with van der Waals surface area (Å²) in [7, 11) is 0. The number of nitrogens with zero attached hydrogens (tertiary/aromatic N) is 3. The summed E-state index contributed by atoms with van der Waals surface area (Å²) >= 11 is 13.7. The van der Waals surface area contributed by atoms with E-state index in [1.807, 2.05) is 17.5 Å². The molecule has 1 aliphatic rings. The molecule has 0 unspecified atom stereocenters. The number of piperazine rings is 1. The van der Waals surface area contributed by atoms with Gasteiger partial charge in [-0.25, -0.2) is 4.98 Å². The van der Waals surface area contributed by atoms with E-state index in [2.05, 4.69) is 52.1 Å². The zero-order chi connectivity index (χ0) is 22.7. The number of anilines is 1. The summed E-state index contributed by atoms with van der Waals surface area (Å²) in [6.07, 6.45) is 0. The number of halogens is 2. The zero-order valence-corrected chi connectivity index (χ0v) is 20.5. The number of aromatic nitrogens is 1. The van der Waals surface area contributed by atoms with Gasteiger partial charge < -0.3 is 5.32 Å². The smallest absolute Gasteiger partial charge is 0.240 e. The fourth-order valence-electron chi connectivity index (χ4n) is 3.72. The molecule has 0 bridgehead atoms. The van der Waals surface area contributed by atoms with E-state index in [1.54, 1.807) is 6.07 Å². The largest absolute Gasteiger partial charge is 0.301 e. The monoisotopic (exact) mass is 488 g/mol. The molecule has 4 rings (SSSR count). The predicted molar refractivity (Wildman–Crippen MR) is 134 cm³/mol. The van der Waals surface area contributed by atoms with Gasteiger partial charge in [-0.05, 0) is 48.7 Å². The van der Waals surface area contributed by atoms with Crippen LogP contribution in [-0.4, -0.2) is 53.4 Å². The van der Waals surface area contributed by atoms with Crippen molar-refractivity contribution in [2.45, 2.75) is 20.4 Å². The normalized spacial score (nSPS) is 15.1. The molecule has 8 heteroatoms. The van der Waals surface area contributed by atoms with Crippen LogP contribution in [0.1, 0.15) is 16.7 Å². The summed E-state index contributed by atoms with van der Waals surface area (Å²) in [6.45, 7) is 8.80. The van der Waals surface area contributed by atoms with E-state index in [0.29, 0.717) is 21.7 Å². The van der Waals surface area contributed by atoms with E-state index in [-0.39, 0.29) is 5.91 Å². The van der Waals surface area contributed by atoms with Crippen molar-refractivity contribution in [2.24, 2.45) is 0 Å². The van der Waals surface area contributed by atoms with E-state index in [9.17, 15) is 4.79 Å². The molecule has 0 spiro atoms. The minimum Gasteiger partial charge on any atom is -0.301 e. The maximum Gasteiger partial charge on any atom is 0.240 e. The van der Waals surface area contributed by atoms with Crippen LogP contribution in [0.3, 0.4) is 0 Å². The Morgan fingerprint density at radius 3 is 2.50 bits per heavy atom. The summed E-state index contributed by atoms with van der Waals surface area (Å²) in [5.74, 6) is -0.0276. The quantitative estimate of drug-likeness (QED) is 0.498. The second-order valence-electron chi connectivity index (χ2n) is 8.17. The number of benzene rings is 2. The summed E-state index contributed by atoms with van der Waals surface area (Å²) < 4.78 is 0. The van der Waals surface area contributed by atoms with Crippen LogP contribution in [0.15, 0.2) is 41.8 Å². The fourth-order valence-corrected chi connectivity index (χ4v) is 4.93. The Hall–Kier alpha value is -1.96. The first-order chi connectivity index (χ1) is 15.4. The predicted octanol–water partition coefficient (Wildman–Crippen LogP) is 5.49. The molecule has 32 heavy (non-hydrogen) atoms. The summed E-state index contributed by atoms with van der Waals surface area (Å²) in [4.78, 5) is 21.7. The van der Waals surface area contributed by atoms with Crippen molar-refractivity contribution in [2.75, 3.05) is 38.0 Å². The molecular weight excluding hydrogens is 463 g/mol. The lowest BCUT2D eigenvalue weighted by Gasteiger charge is -2.34. The molecule has 1 fully saturated rings. The molecule has 2 heterocycles. The van der Waals surface area contributed by atoms with Gasteiger partial charge in [0.2, 0.25) is 5.91 Å². The Morgan fingerprint density at radius 1 is 1.03 bits per heavy atom. The van der Waals surface area contributed by atoms with Gasteiger partial charge in [-0.15, -0.1) is 11.3 Å². The highest BCUT2D eigenvalue weighted by Gasteiger charge is 2.20. The van der Waals surface area contributed by atoms with E-state index >= 15 is 0 Å². The van der Waals surface area contributed by atoms with E-state index < -0.39 is 0 Å². The van der Waals surface area contributed by atoms with Crippen molar-refractivity contribution >= 4 is 45.6 Å². The molecule has 1 aromatic heterocycles. The highest BCUT2D eigenvalue weighted by molar-refractivity contribution is 7.14. The number of carbonyl (C=O) groups excluding carboxylic acids is 1. The van der Waals surface area contributed by atoms with E-state index in [1.165, 1.54) is 22.5 Å². The number of carbonyl (C=O) groups is 1. The van der Waals surface area contributed by atoms with Gasteiger partial charge in [0.25, 0.3) is 0 Å². The standard InChI is InChI=1S/C24H26Cl2N4OS/c1-16-3-4-18(11-17(16)2)22-15-32-24(27-22)28-23(31)14-30-9-7-29(8-10-30)13-19-5-6-20(25)12-21(19)26/h3-6,11-12,15H,7-10,13-14H2,1-2H3,(H,27,28,31). The van der Waals surface area contributed by atoms with Gasteiger partial charge in [-0.3, -0.25) is 14.6 Å². The Morgan fingerprint density at radius 2 is 1.78 bits per heavy atom. The molecule has 2 aromatic carbocycles. The summed E-state index contributed by atoms with van der Waals surface area (Å²) in [5, 5.41) is 6.92. The number of hydrogen-bond donors (Lipinski definition) is 1. The maximum atomic E-state index is 12.5. The van der Waals surface area contributed by atoms with Gasteiger partial charge in [0, 0.05) is 53.7 Å². The first kappa shape index (κ1) is 23.2. The number of rotatable bonds is 6. The molecule has 0 atom stereocenters. The highest BCUT2D eigenvalue weighted by Crippen LogP contribution is 2.26. The van der Waals surface area contributed by atoms with Crippen LogP contribution in [0.4, 0.5) is 5.13 Å². The first-order valence-corrected chi connectivity index (χ1v) is 12.2. The van der Waals surface area contributed by atoms with Crippen molar-refractivity contribution < 1.29 is 4.79 Å². The van der Waals surface area contributed by atoms with Gasteiger partial charge in [-0.1, -0.05) is 41.4 Å². The van der Waals surface area contributed by atoms with Crippen molar-refractivity contribution in [3.8, 4) is 11.3 Å². The SMILES string of the molecule is Cc1ccc(-c2csc(NC(=O)CN3CCN(Cc4ccc(Cl)cc4Cl)CC3)n2)cc1C. The van der Waals surface area contributed by atoms with Crippen LogP contribution in [0.5, 0.6) is 0 Å². The summed E-state index contributed by atoms with van der Waals surface area (Å²) in [6, 6.07) is 11.9. The van der Waals surface area contributed by atoms with Crippen LogP contribution in [0, 0.1) is 13.8 Å². The Balaban J connectivity index is 1.25. The molecule has 0 radical (unpaired) electrons. The molecule has 1 aliphatic heterocycles. The van der Waals surface area contributed by atoms with Gasteiger partial charge in [0.1, 0.15) is 0 Å². The fraction of sp³-hybridized carbons (Fsp3) is 0.333. The second kappa shape index (κ2) is 10.3. The number of nitrogens with one attached hydrogen (secondary N) is 1. The molecule has 0 aliphatic carbocycles. The molecule has 1 amide bonds. The van der Waals surface area contributed by atoms with E-state index in [4.69, 9.17) is 23.2 Å². The number of aryl methyl sites for hydroxylation is 2. The zero-order valence-electron chi connectivity index (χ0n) is 18.2. The Bertz CT molecular complexity index is 1110. The maximum absolute atomic E-state index is 12.5. The third kappa shape index (κ3) is 5.88. The van der Waals surface area contributed by atoms with Crippen molar-refractivity contribution in [3.05, 3.63) is 68.5 Å². The van der Waals surface area contributed by atoms with Crippen molar-refractivity contribution in [3.63, 3.8) is 0 Å². The molecule has 5 nitrogen and oxygen atoms in total. The van der Waals surface area contributed by atoms with E-state index in [0.717, 1.165) is 49.5 Å². The van der Waals surface area contributed by atoms with Gasteiger partial charge in [0.05, 0.1) is 12.2 Å². The average molecular weight is 489 g/mol. The molecular formula is C24H26Cl2N4OS. The Labute approximate surface area is 203 Å². The van der Waals surface area contributed by atoms with Crippen LogP contribution >= 0.6 is 34.5 Å². The minimum absolute atomic E-state index is 0.0276. The van der Waals surface area contributed by atoms with Gasteiger partial charge in [-0.2, -0.15) is 0 Å². The van der Waals surface area contributed by atoms with Crippen molar-refractivity contribution in [1.82, 2.24) is 14.8 Å². The highest BCUT2D eigenvalue weighted by atomic mass is 35.5.